The van der Waals surface area contributed by atoms with Gasteiger partial charge in [-0.3, -0.25) is 14.8 Å². The van der Waals surface area contributed by atoms with Gasteiger partial charge in [-0.2, -0.15) is 0 Å². The van der Waals surface area contributed by atoms with Gasteiger partial charge in [0.1, 0.15) is 11.5 Å². The molecule has 0 aliphatic rings. The molecule has 0 saturated heterocycles. The van der Waals surface area contributed by atoms with Crippen LogP contribution >= 0.6 is 0 Å². The number of carbonyl (C=O) groups excluding carboxylic acids is 1. The standard InChI is InChI=1S/C29H33N3O4/c1-28(2,3)29(4,5)27-14-21(32-36-27)13-22(33)10-18-8-9-23(30-16-18)20-11-19-12-25(34-6)26(35-7)15-24(19)31-17-20/h8-9,11-12,14-17H,10,13H2,1-7H3. The van der Waals surface area contributed by atoms with Crippen LogP contribution in [0.2, 0.25) is 0 Å². The maximum Gasteiger partial charge on any atom is 0.162 e. The van der Waals surface area contributed by atoms with Gasteiger partial charge >= 0.3 is 0 Å². The van der Waals surface area contributed by atoms with Crippen molar-refractivity contribution in [3.8, 4) is 22.8 Å². The molecule has 0 aliphatic heterocycles. The first-order valence-electron chi connectivity index (χ1n) is 12.0. The van der Waals surface area contributed by atoms with Crippen molar-refractivity contribution in [2.24, 2.45) is 5.41 Å². The molecule has 0 atom stereocenters. The topological polar surface area (TPSA) is 87.3 Å². The number of rotatable bonds is 8. The molecule has 0 amide bonds. The predicted molar refractivity (Wildman–Crippen MR) is 139 cm³/mol. The maximum absolute atomic E-state index is 12.7. The molecule has 0 saturated carbocycles. The number of benzene rings is 1. The Bertz CT molecular complexity index is 1380. The van der Waals surface area contributed by atoms with E-state index in [9.17, 15) is 4.79 Å². The van der Waals surface area contributed by atoms with Crippen LogP contribution in [-0.2, 0) is 23.1 Å². The number of hydrogen-bond donors (Lipinski definition) is 0. The third kappa shape index (κ3) is 5.10. The second-order valence-corrected chi connectivity index (χ2v) is 10.6. The molecule has 7 heteroatoms. The Hall–Kier alpha value is -3.74. The van der Waals surface area contributed by atoms with E-state index >= 15 is 0 Å². The summed E-state index contributed by atoms with van der Waals surface area (Å²) < 4.78 is 16.4. The quantitative estimate of drug-likeness (QED) is 0.302. The van der Waals surface area contributed by atoms with Crippen molar-refractivity contribution in [1.29, 1.82) is 0 Å². The monoisotopic (exact) mass is 487 g/mol. The summed E-state index contributed by atoms with van der Waals surface area (Å²) in [5.41, 5.74) is 3.77. The van der Waals surface area contributed by atoms with Crippen LogP contribution in [0, 0.1) is 5.41 Å². The lowest BCUT2D eigenvalue weighted by Gasteiger charge is -2.36. The van der Waals surface area contributed by atoms with Crippen molar-refractivity contribution in [1.82, 2.24) is 15.1 Å². The van der Waals surface area contributed by atoms with E-state index in [1.165, 1.54) is 0 Å². The molecule has 0 unspecified atom stereocenters. The minimum absolute atomic E-state index is 0.000716. The van der Waals surface area contributed by atoms with Gasteiger partial charge in [-0.25, -0.2) is 0 Å². The zero-order chi connectivity index (χ0) is 26.1. The molecule has 1 aromatic carbocycles. The highest BCUT2D eigenvalue weighted by Crippen LogP contribution is 2.41. The fraction of sp³-hybridized carbons (Fsp3) is 0.379. The number of hydrogen-bond acceptors (Lipinski definition) is 7. The number of methoxy groups -OCH3 is 2. The molecule has 0 aliphatic carbocycles. The first kappa shape index (κ1) is 25.4. The van der Waals surface area contributed by atoms with Crippen LogP contribution < -0.4 is 9.47 Å². The van der Waals surface area contributed by atoms with E-state index in [-0.39, 0.29) is 29.5 Å². The largest absolute Gasteiger partial charge is 0.493 e. The van der Waals surface area contributed by atoms with Crippen molar-refractivity contribution in [3.05, 3.63) is 65.8 Å². The Morgan fingerprint density at radius 3 is 2.25 bits per heavy atom. The van der Waals surface area contributed by atoms with E-state index in [4.69, 9.17) is 14.0 Å². The van der Waals surface area contributed by atoms with Crippen molar-refractivity contribution in [3.63, 3.8) is 0 Å². The van der Waals surface area contributed by atoms with Crippen LogP contribution in [0.15, 0.2) is 53.3 Å². The molecule has 36 heavy (non-hydrogen) atoms. The molecule has 3 heterocycles. The highest BCUT2D eigenvalue weighted by Gasteiger charge is 2.38. The van der Waals surface area contributed by atoms with E-state index < -0.39 is 0 Å². The van der Waals surface area contributed by atoms with Crippen molar-refractivity contribution < 1.29 is 18.8 Å². The summed E-state index contributed by atoms with van der Waals surface area (Å²) in [6, 6.07) is 11.5. The average molecular weight is 488 g/mol. The SMILES string of the molecule is COc1cc2cc(-c3ccc(CC(=O)Cc4cc(C(C)(C)C(C)(C)C)on4)cn3)cnc2cc1OC. The van der Waals surface area contributed by atoms with Gasteiger partial charge in [-0.1, -0.05) is 45.8 Å². The highest BCUT2D eigenvalue weighted by molar-refractivity contribution is 5.86. The molecule has 0 fully saturated rings. The van der Waals surface area contributed by atoms with E-state index in [1.54, 1.807) is 26.6 Å². The third-order valence-electron chi connectivity index (χ3n) is 7.14. The predicted octanol–water partition coefficient (Wildman–Crippen LogP) is 5.98. The molecule has 0 spiro atoms. The van der Waals surface area contributed by atoms with E-state index in [0.717, 1.165) is 33.5 Å². The summed E-state index contributed by atoms with van der Waals surface area (Å²) >= 11 is 0. The number of aromatic nitrogens is 3. The van der Waals surface area contributed by atoms with Gasteiger partial charge < -0.3 is 14.0 Å². The average Bonchev–Trinajstić information content (AvgIpc) is 3.31. The molecular formula is C29H33N3O4. The van der Waals surface area contributed by atoms with Crippen molar-refractivity contribution in [2.75, 3.05) is 14.2 Å². The molecule has 4 rings (SSSR count). The Morgan fingerprint density at radius 2 is 1.61 bits per heavy atom. The number of Topliss-reactive ketones (excluding diaryl/α,β-unsaturated/α-hetero) is 1. The number of ketones is 1. The molecule has 188 valence electrons. The first-order valence-corrected chi connectivity index (χ1v) is 12.0. The molecular weight excluding hydrogens is 454 g/mol. The van der Waals surface area contributed by atoms with Crippen LogP contribution in [0.1, 0.15) is 51.6 Å². The maximum atomic E-state index is 12.7. The molecule has 3 aromatic heterocycles. The number of pyridine rings is 2. The second-order valence-electron chi connectivity index (χ2n) is 10.6. The van der Waals surface area contributed by atoms with Gasteiger partial charge in [0.25, 0.3) is 0 Å². The Morgan fingerprint density at radius 1 is 0.889 bits per heavy atom. The van der Waals surface area contributed by atoms with Crippen molar-refractivity contribution in [2.45, 2.75) is 52.9 Å². The summed E-state index contributed by atoms with van der Waals surface area (Å²) in [5.74, 6) is 2.14. The second kappa shape index (κ2) is 9.72. The number of carbonyl (C=O) groups is 1. The molecule has 0 bridgehead atoms. The first-order chi connectivity index (χ1) is 17.0. The lowest BCUT2D eigenvalue weighted by molar-refractivity contribution is -0.117. The minimum atomic E-state index is -0.199. The lowest BCUT2D eigenvalue weighted by atomic mass is 9.68. The van der Waals surface area contributed by atoms with Gasteiger partial charge in [-0.15, -0.1) is 0 Å². The molecule has 0 N–H and O–H groups in total. The zero-order valence-corrected chi connectivity index (χ0v) is 22.0. The number of fused-ring (bicyclic) bond motifs is 1. The Balaban J connectivity index is 1.45. The fourth-order valence-electron chi connectivity index (χ4n) is 3.85. The van der Waals surface area contributed by atoms with Crippen LogP contribution in [0.25, 0.3) is 22.2 Å². The van der Waals surface area contributed by atoms with Gasteiger partial charge in [0, 0.05) is 47.3 Å². The smallest absolute Gasteiger partial charge is 0.162 e. The van der Waals surface area contributed by atoms with Crippen LogP contribution in [0.3, 0.4) is 0 Å². The number of ether oxygens (including phenoxy) is 2. The zero-order valence-electron chi connectivity index (χ0n) is 22.0. The van der Waals surface area contributed by atoms with Crippen molar-refractivity contribution >= 4 is 16.7 Å². The summed E-state index contributed by atoms with van der Waals surface area (Å²) in [5, 5.41) is 5.07. The summed E-state index contributed by atoms with van der Waals surface area (Å²) in [6.45, 7) is 10.8. The Labute approximate surface area is 211 Å². The van der Waals surface area contributed by atoms with Gasteiger partial charge in [0.15, 0.2) is 11.5 Å². The normalized spacial score (nSPS) is 12.1. The third-order valence-corrected chi connectivity index (χ3v) is 7.14. The molecule has 0 radical (unpaired) electrons. The van der Waals surface area contributed by atoms with Crippen LogP contribution in [0.4, 0.5) is 0 Å². The molecule has 7 nitrogen and oxygen atoms in total. The van der Waals surface area contributed by atoms with Gasteiger partial charge in [0.2, 0.25) is 0 Å². The van der Waals surface area contributed by atoms with E-state index in [1.807, 2.05) is 36.4 Å². The summed E-state index contributed by atoms with van der Waals surface area (Å²) in [4.78, 5) is 21.8. The molecule has 4 aromatic rings. The highest BCUT2D eigenvalue weighted by atomic mass is 16.5. The Kier molecular flexibility index (Phi) is 6.85. The van der Waals surface area contributed by atoms with Crippen LogP contribution in [0.5, 0.6) is 11.5 Å². The minimum Gasteiger partial charge on any atom is -0.493 e. The van der Waals surface area contributed by atoms with E-state index in [0.29, 0.717) is 17.2 Å². The number of nitrogens with zero attached hydrogens (tertiary/aromatic N) is 3. The summed E-state index contributed by atoms with van der Waals surface area (Å²) in [7, 11) is 3.21. The van der Waals surface area contributed by atoms with Gasteiger partial charge in [-0.05, 0) is 29.2 Å². The summed E-state index contributed by atoms with van der Waals surface area (Å²) in [6.07, 6.45) is 4.03. The van der Waals surface area contributed by atoms with Gasteiger partial charge in [0.05, 0.1) is 37.5 Å². The van der Waals surface area contributed by atoms with E-state index in [2.05, 4.69) is 49.7 Å². The van der Waals surface area contributed by atoms with Crippen LogP contribution in [-0.4, -0.2) is 35.1 Å². The lowest BCUT2D eigenvalue weighted by Crippen LogP contribution is -2.33. The fourth-order valence-corrected chi connectivity index (χ4v) is 3.85.